The van der Waals surface area contributed by atoms with Crippen LogP contribution in [0.4, 0.5) is 64.1 Å². The summed E-state index contributed by atoms with van der Waals surface area (Å²) in [6.07, 6.45) is -25.1. The number of rotatable bonds is 4. The quantitative estimate of drug-likeness (QED) is 0.243. The lowest BCUT2D eigenvalue weighted by atomic mass is 9.71. The molecule has 0 atom stereocenters. The van der Waals surface area contributed by atoms with Crippen LogP contribution in [0.1, 0.15) is 22.3 Å². The van der Waals surface area contributed by atoms with Gasteiger partial charge in [-0.25, -0.2) is 0 Å². The summed E-state index contributed by atoms with van der Waals surface area (Å²) in [7, 11) is 0. The molecule has 0 saturated carbocycles. The van der Waals surface area contributed by atoms with Gasteiger partial charge in [0.2, 0.25) is 5.41 Å². The van der Waals surface area contributed by atoms with Crippen molar-refractivity contribution in [3.8, 4) is 0 Å². The van der Waals surface area contributed by atoms with Crippen LogP contribution in [-0.2, 0) is 17.8 Å². The van der Waals surface area contributed by atoms with Crippen LogP contribution < -0.4 is 0 Å². The zero-order valence-corrected chi connectivity index (χ0v) is 16.0. The molecule has 0 aliphatic rings. The van der Waals surface area contributed by atoms with E-state index in [2.05, 4.69) is 0 Å². The van der Waals surface area contributed by atoms with Gasteiger partial charge in [-0.2, -0.15) is 52.7 Å². The van der Waals surface area contributed by atoms with Gasteiger partial charge in [-0.15, -0.1) is 0 Å². The van der Waals surface area contributed by atoms with E-state index in [1.165, 1.54) is 0 Å². The normalized spacial score (nSPS) is 13.6. The minimum absolute atomic E-state index is 0.393. The molecule has 192 valence electrons. The molecule has 0 heterocycles. The van der Waals surface area contributed by atoms with Gasteiger partial charge in [0.25, 0.3) is 11.4 Å². The molecule has 6 nitrogen and oxygen atoms in total. The van der Waals surface area contributed by atoms with Crippen LogP contribution >= 0.6 is 0 Å². The number of hydrogen-bond acceptors (Lipinski definition) is 4. The molecule has 0 unspecified atom stereocenters. The molecule has 0 aliphatic carbocycles. The Bertz CT molecular complexity index is 1070. The van der Waals surface area contributed by atoms with E-state index in [4.69, 9.17) is 0 Å². The number of alkyl halides is 12. The Labute approximate surface area is 184 Å². The van der Waals surface area contributed by atoms with Gasteiger partial charge in [0.15, 0.2) is 0 Å². The van der Waals surface area contributed by atoms with Crippen molar-refractivity contribution < 1.29 is 62.5 Å². The second-order valence-corrected chi connectivity index (χ2v) is 6.79. The molecular formula is C17H6F12N2O4. The largest absolute Gasteiger partial charge is 0.416 e. The van der Waals surface area contributed by atoms with Crippen molar-refractivity contribution in [2.75, 3.05) is 0 Å². The molecule has 0 amide bonds. The molecule has 2 rings (SSSR count). The molecule has 2 aromatic rings. The van der Waals surface area contributed by atoms with Crippen LogP contribution in [-0.4, -0.2) is 22.2 Å². The monoisotopic (exact) mass is 530 g/mol. The lowest BCUT2D eigenvalue weighted by Gasteiger charge is -2.38. The van der Waals surface area contributed by atoms with E-state index < -0.39 is 110 Å². The summed E-state index contributed by atoms with van der Waals surface area (Å²) >= 11 is 0. The maximum Gasteiger partial charge on any atom is 0.416 e. The molecule has 18 heteroatoms. The second-order valence-electron chi connectivity index (χ2n) is 6.79. The molecule has 2 aromatic carbocycles. The van der Waals surface area contributed by atoms with Crippen LogP contribution in [0, 0.1) is 20.2 Å². The van der Waals surface area contributed by atoms with Gasteiger partial charge in [-0.05, 0) is 23.3 Å². The summed E-state index contributed by atoms with van der Waals surface area (Å²) in [4.78, 5) is 18.4. The summed E-state index contributed by atoms with van der Waals surface area (Å²) in [5, 5.41) is 21.9. The van der Waals surface area contributed by atoms with Gasteiger partial charge in [0.05, 0.1) is 21.0 Å². The number of nitrogens with zero attached hydrogens (tertiary/aromatic N) is 2. The van der Waals surface area contributed by atoms with Crippen LogP contribution in [0.15, 0.2) is 36.4 Å². The smallest absolute Gasteiger partial charge is 0.258 e. The molecule has 0 bridgehead atoms. The van der Waals surface area contributed by atoms with Crippen molar-refractivity contribution in [3.05, 3.63) is 78.9 Å². The Morgan fingerprint density at radius 2 is 0.743 bits per heavy atom. The highest BCUT2D eigenvalue weighted by atomic mass is 19.4. The lowest BCUT2D eigenvalue weighted by molar-refractivity contribution is -0.385. The first-order valence-electron chi connectivity index (χ1n) is 8.41. The van der Waals surface area contributed by atoms with E-state index in [1.807, 2.05) is 0 Å². The molecule has 0 aliphatic heterocycles. The number of nitro benzene ring substituents is 2. The van der Waals surface area contributed by atoms with E-state index >= 15 is 0 Å². The Morgan fingerprint density at radius 3 is 0.943 bits per heavy atom. The molecule has 0 spiro atoms. The summed E-state index contributed by atoms with van der Waals surface area (Å²) in [5.41, 5.74) is -19.4. The molecule has 35 heavy (non-hydrogen) atoms. The number of halogens is 12. The average Bonchev–Trinajstić information content (AvgIpc) is 2.64. The highest BCUT2D eigenvalue weighted by Gasteiger charge is 2.73. The highest BCUT2D eigenvalue weighted by Crippen LogP contribution is 2.58. The van der Waals surface area contributed by atoms with Crippen molar-refractivity contribution in [2.24, 2.45) is 0 Å². The fourth-order valence-electron chi connectivity index (χ4n) is 3.18. The Morgan fingerprint density at radius 1 is 0.486 bits per heavy atom. The third-order valence-corrected chi connectivity index (χ3v) is 4.63. The van der Waals surface area contributed by atoms with E-state index in [0.29, 0.717) is 0 Å². The van der Waals surface area contributed by atoms with Crippen molar-refractivity contribution in [1.82, 2.24) is 0 Å². The summed E-state index contributed by atoms with van der Waals surface area (Å²) in [6.45, 7) is 0. The molecular weight excluding hydrogens is 524 g/mol. The van der Waals surface area contributed by atoms with Gasteiger partial charge in [0, 0.05) is 24.3 Å². The van der Waals surface area contributed by atoms with E-state index in [1.54, 1.807) is 0 Å². The Kier molecular flexibility index (Phi) is 6.52. The summed E-state index contributed by atoms with van der Waals surface area (Å²) < 4.78 is 164. The molecule has 0 radical (unpaired) electrons. The third-order valence-electron chi connectivity index (χ3n) is 4.63. The average molecular weight is 530 g/mol. The number of benzene rings is 2. The first-order valence-corrected chi connectivity index (χ1v) is 8.41. The molecule has 0 fully saturated rings. The van der Waals surface area contributed by atoms with Crippen molar-refractivity contribution >= 4 is 11.4 Å². The van der Waals surface area contributed by atoms with Gasteiger partial charge in [0.1, 0.15) is 0 Å². The van der Waals surface area contributed by atoms with Crippen molar-refractivity contribution in [3.63, 3.8) is 0 Å². The third kappa shape index (κ3) is 4.95. The fourth-order valence-corrected chi connectivity index (χ4v) is 3.18. The van der Waals surface area contributed by atoms with Gasteiger partial charge in [-0.1, -0.05) is 0 Å². The van der Waals surface area contributed by atoms with E-state index in [-0.39, 0.29) is 0 Å². The predicted octanol–water partition coefficient (Wildman–Crippen LogP) is 6.95. The maximum absolute atomic E-state index is 14.1. The summed E-state index contributed by atoms with van der Waals surface area (Å²) in [6, 6.07) is -3.45. The number of hydrogen-bond donors (Lipinski definition) is 0. The number of nitro groups is 2. The van der Waals surface area contributed by atoms with Crippen LogP contribution in [0.2, 0.25) is 0 Å². The van der Waals surface area contributed by atoms with Crippen molar-refractivity contribution in [1.29, 1.82) is 0 Å². The molecule has 0 aromatic heterocycles. The minimum Gasteiger partial charge on any atom is -0.258 e. The Hall–Kier alpha value is -3.60. The van der Waals surface area contributed by atoms with Gasteiger partial charge < -0.3 is 0 Å². The van der Waals surface area contributed by atoms with Crippen LogP contribution in [0.25, 0.3) is 0 Å². The lowest BCUT2D eigenvalue weighted by Crippen LogP contribution is -2.55. The predicted molar refractivity (Wildman–Crippen MR) is 89.1 cm³/mol. The van der Waals surface area contributed by atoms with Crippen molar-refractivity contribution in [2.45, 2.75) is 30.1 Å². The first kappa shape index (κ1) is 27.6. The van der Waals surface area contributed by atoms with Crippen LogP contribution in [0.3, 0.4) is 0 Å². The minimum atomic E-state index is -6.80. The zero-order valence-electron chi connectivity index (χ0n) is 16.0. The standard InChI is InChI=1S/C17H6F12N2O4/c18-14(19,20)9-1-7(3-11(5-9)30(32)33)13(16(24,25)26,17(27,28)29)8-2-10(15(21,22)23)6-12(4-8)31(34)35/h1-6H. The summed E-state index contributed by atoms with van der Waals surface area (Å²) in [5.74, 6) is 0. The maximum atomic E-state index is 14.1. The number of non-ortho nitro benzene ring substituents is 2. The SMILES string of the molecule is O=[N+]([O-])c1cc(C(F)(F)F)cc(C(c2cc([N+](=O)[O-])cc(C(F)(F)F)c2)(C(F)(F)F)C(F)(F)F)c1. The van der Waals surface area contributed by atoms with Crippen LogP contribution in [0.5, 0.6) is 0 Å². The van der Waals surface area contributed by atoms with Gasteiger partial charge >= 0.3 is 24.7 Å². The fraction of sp³-hybridized carbons (Fsp3) is 0.294. The highest BCUT2D eigenvalue weighted by molar-refractivity contribution is 5.54. The molecule has 0 saturated heterocycles. The first-order chi connectivity index (χ1) is 15.5. The second kappa shape index (κ2) is 8.26. The Balaban J connectivity index is 3.24. The van der Waals surface area contributed by atoms with E-state index in [0.717, 1.165) is 0 Å². The zero-order chi connectivity index (χ0) is 27.4. The van der Waals surface area contributed by atoms with Gasteiger partial charge in [-0.3, -0.25) is 20.2 Å². The van der Waals surface area contributed by atoms with E-state index in [9.17, 15) is 72.9 Å². The topological polar surface area (TPSA) is 86.3 Å². The molecule has 0 N–H and O–H groups in total.